The van der Waals surface area contributed by atoms with Crippen LogP contribution in [0.15, 0.2) is 24.4 Å². The number of nitrogens with zero attached hydrogens (tertiary/aromatic N) is 8. The summed E-state index contributed by atoms with van der Waals surface area (Å²) in [6, 6.07) is 5.05. The predicted molar refractivity (Wildman–Crippen MR) is 128 cm³/mol. The average Bonchev–Trinajstić information content (AvgIpc) is 3.47. The average molecular weight is 468 g/mol. The lowest BCUT2D eigenvalue weighted by Gasteiger charge is -2.36. The van der Waals surface area contributed by atoms with E-state index in [1.165, 1.54) is 6.07 Å². The summed E-state index contributed by atoms with van der Waals surface area (Å²) in [5.74, 6) is 0.736. The molecule has 3 aromatic heterocycles. The Balaban J connectivity index is 1.23. The highest BCUT2D eigenvalue weighted by Crippen LogP contribution is 2.26. The van der Waals surface area contributed by atoms with E-state index < -0.39 is 6.10 Å². The number of piperazine rings is 1. The van der Waals surface area contributed by atoms with Gasteiger partial charge in [0.1, 0.15) is 5.82 Å². The van der Waals surface area contributed by atoms with E-state index in [9.17, 15) is 9.50 Å². The van der Waals surface area contributed by atoms with Crippen LogP contribution in [0.5, 0.6) is 0 Å². The predicted octanol–water partition coefficient (Wildman–Crippen LogP) is 2.02. The number of aliphatic hydroxyl groups excluding tert-OH is 1. The van der Waals surface area contributed by atoms with Crippen molar-refractivity contribution >= 4 is 28.3 Å². The number of hydrogen-bond donors (Lipinski definition) is 2. The Kier molecular flexibility index (Phi) is 6.05. The lowest BCUT2D eigenvalue weighted by molar-refractivity contribution is 0.173. The Morgan fingerprint density at radius 2 is 1.88 bits per heavy atom. The third-order valence-corrected chi connectivity index (χ3v) is 6.54. The molecule has 0 bridgehead atoms. The number of aryl methyl sites for hydroxylation is 1. The van der Waals surface area contributed by atoms with Gasteiger partial charge in [-0.3, -0.25) is 4.90 Å². The van der Waals surface area contributed by atoms with E-state index in [2.05, 4.69) is 30.0 Å². The zero-order valence-corrected chi connectivity index (χ0v) is 19.5. The molecule has 5 rings (SSSR count). The third kappa shape index (κ3) is 4.05. The van der Waals surface area contributed by atoms with E-state index in [0.29, 0.717) is 41.5 Å². The number of aliphatic hydroxyl groups is 1. The Labute approximate surface area is 196 Å². The van der Waals surface area contributed by atoms with Gasteiger partial charge < -0.3 is 15.7 Å². The first-order chi connectivity index (χ1) is 16.5. The fourth-order valence-electron chi connectivity index (χ4n) is 4.48. The van der Waals surface area contributed by atoms with Crippen LogP contribution in [0.4, 0.5) is 16.0 Å². The van der Waals surface area contributed by atoms with Gasteiger partial charge in [-0.05, 0) is 24.1 Å². The molecule has 0 saturated carbocycles. The van der Waals surface area contributed by atoms with Crippen LogP contribution in [-0.4, -0.2) is 72.1 Å². The second-order valence-electron chi connectivity index (χ2n) is 8.66. The molecule has 1 unspecified atom stereocenters. The molecule has 1 fully saturated rings. The molecule has 34 heavy (non-hydrogen) atoms. The first-order valence-electron chi connectivity index (χ1n) is 11.8. The van der Waals surface area contributed by atoms with Gasteiger partial charge in [-0.2, -0.15) is 14.6 Å². The van der Waals surface area contributed by atoms with E-state index in [1.807, 2.05) is 24.6 Å². The first kappa shape index (κ1) is 22.5. The lowest BCUT2D eigenvalue weighted by Crippen LogP contribution is -2.47. The molecule has 4 heterocycles. The second kappa shape index (κ2) is 9.15. The molecular formula is C23H30FN9O. The van der Waals surface area contributed by atoms with Crippen LogP contribution >= 0.6 is 0 Å². The van der Waals surface area contributed by atoms with Gasteiger partial charge in [0, 0.05) is 39.1 Å². The van der Waals surface area contributed by atoms with Crippen LogP contribution < -0.4 is 10.6 Å². The number of benzene rings is 1. The minimum Gasteiger partial charge on any atom is -0.388 e. The van der Waals surface area contributed by atoms with E-state index in [-0.39, 0.29) is 5.82 Å². The molecule has 0 aliphatic carbocycles. The minimum atomic E-state index is -0.627. The summed E-state index contributed by atoms with van der Waals surface area (Å²) in [7, 11) is 0. The maximum Gasteiger partial charge on any atom is 0.225 e. The van der Waals surface area contributed by atoms with Crippen molar-refractivity contribution in [2.24, 2.45) is 0 Å². The number of nitrogens with two attached hydrogens (primary N) is 1. The smallest absolute Gasteiger partial charge is 0.225 e. The Morgan fingerprint density at radius 1 is 1.09 bits per heavy atom. The molecule has 180 valence electrons. The molecule has 3 N–H and O–H groups in total. The maximum atomic E-state index is 14.7. The summed E-state index contributed by atoms with van der Waals surface area (Å²) in [5.41, 5.74) is 8.72. The Morgan fingerprint density at radius 3 is 2.59 bits per heavy atom. The molecule has 11 heteroatoms. The Hall–Kier alpha value is -3.31. The normalized spacial score (nSPS) is 16.1. The second-order valence-corrected chi connectivity index (χ2v) is 8.66. The highest BCUT2D eigenvalue weighted by Gasteiger charge is 2.21. The van der Waals surface area contributed by atoms with Crippen LogP contribution in [-0.2, 0) is 13.0 Å². The topological polar surface area (TPSA) is 114 Å². The summed E-state index contributed by atoms with van der Waals surface area (Å²) in [4.78, 5) is 13.5. The van der Waals surface area contributed by atoms with Crippen molar-refractivity contribution in [3.8, 4) is 0 Å². The number of halogens is 1. The lowest BCUT2D eigenvalue weighted by atomic mass is 10.1. The quantitative estimate of drug-likeness (QED) is 0.424. The molecule has 0 amide bonds. The maximum absolute atomic E-state index is 14.7. The van der Waals surface area contributed by atoms with Crippen molar-refractivity contribution in [2.45, 2.75) is 39.3 Å². The highest BCUT2D eigenvalue weighted by molar-refractivity contribution is 5.89. The van der Waals surface area contributed by atoms with E-state index in [1.54, 1.807) is 16.8 Å². The minimum absolute atomic E-state index is 0.281. The van der Waals surface area contributed by atoms with Gasteiger partial charge in [-0.15, -0.1) is 5.10 Å². The van der Waals surface area contributed by atoms with Crippen LogP contribution in [0.25, 0.3) is 16.7 Å². The summed E-state index contributed by atoms with van der Waals surface area (Å²) in [5, 5.41) is 19.7. The van der Waals surface area contributed by atoms with E-state index in [4.69, 9.17) is 5.73 Å². The molecule has 0 spiro atoms. The number of hydrogen-bond acceptors (Lipinski definition) is 8. The molecule has 1 aliphatic rings. The van der Waals surface area contributed by atoms with Gasteiger partial charge in [-0.1, -0.05) is 19.9 Å². The van der Waals surface area contributed by atoms with E-state index >= 15 is 0 Å². The fraction of sp³-hybridized carbons (Fsp3) is 0.478. The SMILES string of the molecule is CCc1nc2c3cnn(CCN4CCN(c5ccc(C(O)CC)cc5F)CC4)c3nc(N)n2n1. The van der Waals surface area contributed by atoms with Crippen molar-refractivity contribution in [3.05, 3.63) is 41.6 Å². The number of anilines is 2. The summed E-state index contributed by atoms with van der Waals surface area (Å²) >= 11 is 0. The number of rotatable bonds is 7. The first-order valence-corrected chi connectivity index (χ1v) is 11.8. The largest absolute Gasteiger partial charge is 0.388 e. The number of aromatic nitrogens is 6. The van der Waals surface area contributed by atoms with Crippen molar-refractivity contribution in [2.75, 3.05) is 43.4 Å². The van der Waals surface area contributed by atoms with Crippen molar-refractivity contribution in [1.29, 1.82) is 0 Å². The van der Waals surface area contributed by atoms with Gasteiger partial charge >= 0.3 is 0 Å². The van der Waals surface area contributed by atoms with Gasteiger partial charge in [0.2, 0.25) is 5.95 Å². The van der Waals surface area contributed by atoms with Gasteiger partial charge in [0.15, 0.2) is 17.1 Å². The van der Waals surface area contributed by atoms with Crippen LogP contribution in [0, 0.1) is 5.82 Å². The molecule has 10 nitrogen and oxygen atoms in total. The van der Waals surface area contributed by atoms with Crippen LogP contribution in [0.2, 0.25) is 0 Å². The van der Waals surface area contributed by atoms with Gasteiger partial charge in [0.25, 0.3) is 0 Å². The van der Waals surface area contributed by atoms with Crippen molar-refractivity contribution in [1.82, 2.24) is 34.3 Å². The Bertz CT molecular complexity index is 1310. The summed E-state index contributed by atoms with van der Waals surface area (Å²) in [6.07, 6.45) is 2.43. The fourth-order valence-corrected chi connectivity index (χ4v) is 4.48. The molecule has 1 aromatic carbocycles. The third-order valence-electron chi connectivity index (χ3n) is 6.54. The number of fused-ring (bicyclic) bond motifs is 3. The summed E-state index contributed by atoms with van der Waals surface area (Å²) in [6.45, 7) is 8.45. The van der Waals surface area contributed by atoms with Gasteiger partial charge in [-0.25, -0.2) is 14.1 Å². The zero-order valence-electron chi connectivity index (χ0n) is 19.5. The zero-order chi connectivity index (χ0) is 23.8. The molecule has 1 aliphatic heterocycles. The van der Waals surface area contributed by atoms with Crippen LogP contribution in [0.3, 0.4) is 0 Å². The van der Waals surface area contributed by atoms with Crippen molar-refractivity contribution in [3.63, 3.8) is 0 Å². The molecule has 4 aromatic rings. The molecule has 1 saturated heterocycles. The van der Waals surface area contributed by atoms with E-state index in [0.717, 1.165) is 50.4 Å². The molecular weight excluding hydrogens is 437 g/mol. The monoisotopic (exact) mass is 467 g/mol. The molecule has 1 atom stereocenters. The summed E-state index contributed by atoms with van der Waals surface area (Å²) < 4.78 is 18.1. The number of nitrogen functional groups attached to an aromatic ring is 1. The van der Waals surface area contributed by atoms with Crippen LogP contribution in [0.1, 0.15) is 37.8 Å². The highest BCUT2D eigenvalue weighted by atomic mass is 19.1. The van der Waals surface area contributed by atoms with Crippen molar-refractivity contribution < 1.29 is 9.50 Å². The van der Waals surface area contributed by atoms with Gasteiger partial charge in [0.05, 0.1) is 29.9 Å². The standard InChI is InChI=1S/C23H30FN9O/c1-3-19(34)15-5-6-18(17(24)13-15)31-10-7-30(8-11-31)9-12-32-21-16(14-26-32)22-27-20(4-2)29-33(22)23(25)28-21/h5-6,13-14,19,34H,3-4,7-12H2,1-2H3,(H2,25,28). The molecule has 0 radical (unpaired) electrons.